The first-order valence-electron chi connectivity index (χ1n) is 6.95. The molecule has 3 nitrogen and oxygen atoms in total. The fourth-order valence-electron chi connectivity index (χ4n) is 2.74. The standard InChI is InChI=1S/C14H28N2O/c1-10(2)11(3)14(17)16(4)13-8-6-5-7-12(13)9-15/h10-13H,5-9,15H2,1-4H3. The normalized spacial score (nSPS) is 26.9. The molecule has 3 heteroatoms. The number of hydrogen-bond donors (Lipinski definition) is 1. The number of amides is 1. The summed E-state index contributed by atoms with van der Waals surface area (Å²) >= 11 is 0. The van der Waals surface area contributed by atoms with Crippen LogP contribution in [-0.2, 0) is 4.79 Å². The Morgan fingerprint density at radius 1 is 1.29 bits per heavy atom. The van der Waals surface area contributed by atoms with E-state index < -0.39 is 0 Å². The second-order valence-electron chi connectivity index (χ2n) is 5.83. The summed E-state index contributed by atoms with van der Waals surface area (Å²) in [5.74, 6) is 1.30. The van der Waals surface area contributed by atoms with Crippen molar-refractivity contribution in [2.45, 2.75) is 52.5 Å². The van der Waals surface area contributed by atoms with Gasteiger partial charge < -0.3 is 10.6 Å². The molecule has 0 aliphatic heterocycles. The van der Waals surface area contributed by atoms with Gasteiger partial charge in [0.1, 0.15) is 0 Å². The van der Waals surface area contributed by atoms with E-state index in [1.54, 1.807) is 0 Å². The van der Waals surface area contributed by atoms with E-state index in [-0.39, 0.29) is 11.8 Å². The molecule has 1 amide bonds. The number of carbonyl (C=O) groups is 1. The molecule has 0 saturated heterocycles. The average Bonchev–Trinajstić information content (AvgIpc) is 2.35. The lowest BCUT2D eigenvalue weighted by Gasteiger charge is -2.39. The van der Waals surface area contributed by atoms with Crippen LogP contribution in [0.4, 0.5) is 0 Å². The summed E-state index contributed by atoms with van der Waals surface area (Å²) in [6.45, 7) is 6.96. The van der Waals surface area contributed by atoms with Gasteiger partial charge in [0.25, 0.3) is 0 Å². The van der Waals surface area contributed by atoms with Crippen LogP contribution in [-0.4, -0.2) is 30.4 Å². The highest BCUT2D eigenvalue weighted by atomic mass is 16.2. The van der Waals surface area contributed by atoms with Crippen LogP contribution in [0.15, 0.2) is 0 Å². The molecule has 0 aromatic carbocycles. The molecule has 0 heterocycles. The van der Waals surface area contributed by atoms with Crippen molar-refractivity contribution in [3.8, 4) is 0 Å². The van der Waals surface area contributed by atoms with Crippen LogP contribution in [0.1, 0.15) is 46.5 Å². The summed E-state index contributed by atoms with van der Waals surface area (Å²) in [7, 11) is 1.96. The minimum Gasteiger partial charge on any atom is -0.342 e. The van der Waals surface area contributed by atoms with E-state index in [2.05, 4.69) is 13.8 Å². The summed E-state index contributed by atoms with van der Waals surface area (Å²) in [6, 6.07) is 0.363. The number of carbonyl (C=O) groups excluding carboxylic acids is 1. The van der Waals surface area contributed by atoms with Crippen LogP contribution in [0, 0.1) is 17.8 Å². The molecule has 17 heavy (non-hydrogen) atoms. The molecule has 3 unspecified atom stereocenters. The lowest BCUT2D eigenvalue weighted by molar-refractivity contribution is -0.138. The van der Waals surface area contributed by atoms with Crippen molar-refractivity contribution in [1.29, 1.82) is 0 Å². The van der Waals surface area contributed by atoms with Crippen molar-refractivity contribution in [3.05, 3.63) is 0 Å². The first-order valence-corrected chi connectivity index (χ1v) is 6.95. The Hall–Kier alpha value is -0.570. The van der Waals surface area contributed by atoms with Crippen molar-refractivity contribution in [2.24, 2.45) is 23.5 Å². The van der Waals surface area contributed by atoms with Crippen molar-refractivity contribution in [2.75, 3.05) is 13.6 Å². The Labute approximate surface area is 106 Å². The average molecular weight is 240 g/mol. The maximum absolute atomic E-state index is 12.3. The van der Waals surface area contributed by atoms with E-state index in [0.29, 0.717) is 24.4 Å². The van der Waals surface area contributed by atoms with Crippen molar-refractivity contribution in [3.63, 3.8) is 0 Å². The van der Waals surface area contributed by atoms with Crippen LogP contribution < -0.4 is 5.73 Å². The molecule has 0 aromatic rings. The Morgan fingerprint density at radius 3 is 2.41 bits per heavy atom. The van der Waals surface area contributed by atoms with Gasteiger partial charge in [0.2, 0.25) is 5.91 Å². The van der Waals surface area contributed by atoms with Gasteiger partial charge in [0.15, 0.2) is 0 Å². The fourth-order valence-corrected chi connectivity index (χ4v) is 2.74. The number of rotatable bonds is 4. The van der Waals surface area contributed by atoms with Gasteiger partial charge in [0, 0.05) is 19.0 Å². The third-order valence-electron chi connectivity index (χ3n) is 4.41. The molecule has 0 bridgehead atoms. The molecule has 2 N–H and O–H groups in total. The summed E-state index contributed by atoms with van der Waals surface area (Å²) < 4.78 is 0. The Morgan fingerprint density at radius 2 is 1.88 bits per heavy atom. The first-order chi connectivity index (χ1) is 7.99. The van der Waals surface area contributed by atoms with Gasteiger partial charge in [-0.25, -0.2) is 0 Å². The molecule has 100 valence electrons. The van der Waals surface area contributed by atoms with E-state index in [1.807, 2.05) is 18.9 Å². The second-order valence-corrected chi connectivity index (χ2v) is 5.83. The zero-order chi connectivity index (χ0) is 13.0. The number of nitrogens with two attached hydrogens (primary N) is 1. The van der Waals surface area contributed by atoms with Gasteiger partial charge in [0.05, 0.1) is 0 Å². The van der Waals surface area contributed by atoms with Crippen molar-refractivity contribution < 1.29 is 4.79 Å². The van der Waals surface area contributed by atoms with E-state index in [0.717, 1.165) is 6.42 Å². The van der Waals surface area contributed by atoms with Crippen LogP contribution in [0.2, 0.25) is 0 Å². The predicted molar refractivity (Wildman–Crippen MR) is 71.6 cm³/mol. The van der Waals surface area contributed by atoms with Crippen LogP contribution >= 0.6 is 0 Å². The summed E-state index contributed by atoms with van der Waals surface area (Å²) in [6.07, 6.45) is 4.79. The van der Waals surface area contributed by atoms with Crippen molar-refractivity contribution >= 4 is 5.91 Å². The maximum atomic E-state index is 12.3. The zero-order valence-electron chi connectivity index (χ0n) is 11.8. The van der Waals surface area contributed by atoms with Gasteiger partial charge >= 0.3 is 0 Å². The quantitative estimate of drug-likeness (QED) is 0.819. The van der Waals surface area contributed by atoms with Gasteiger partial charge in [-0.1, -0.05) is 33.6 Å². The number of hydrogen-bond acceptors (Lipinski definition) is 2. The molecule has 0 aromatic heterocycles. The minimum atomic E-state index is 0.111. The highest BCUT2D eigenvalue weighted by Gasteiger charge is 2.32. The highest BCUT2D eigenvalue weighted by Crippen LogP contribution is 2.28. The molecule has 1 rings (SSSR count). The second kappa shape index (κ2) is 6.39. The summed E-state index contributed by atoms with van der Waals surface area (Å²) in [5, 5.41) is 0. The Balaban J connectivity index is 2.66. The number of nitrogens with zero attached hydrogens (tertiary/aromatic N) is 1. The molecule has 1 aliphatic carbocycles. The smallest absolute Gasteiger partial charge is 0.225 e. The topological polar surface area (TPSA) is 46.3 Å². The largest absolute Gasteiger partial charge is 0.342 e. The predicted octanol–water partition coefficient (Wildman–Crippen LogP) is 2.25. The van der Waals surface area contributed by atoms with E-state index in [4.69, 9.17) is 5.73 Å². The lowest BCUT2D eigenvalue weighted by atomic mass is 9.83. The summed E-state index contributed by atoms with van der Waals surface area (Å²) in [4.78, 5) is 14.3. The lowest BCUT2D eigenvalue weighted by Crippen LogP contribution is -2.48. The fraction of sp³-hybridized carbons (Fsp3) is 0.929. The molecular weight excluding hydrogens is 212 g/mol. The molecule has 0 radical (unpaired) electrons. The van der Waals surface area contributed by atoms with Crippen molar-refractivity contribution in [1.82, 2.24) is 4.90 Å². The molecule has 1 aliphatic rings. The van der Waals surface area contributed by atoms with E-state index >= 15 is 0 Å². The molecular formula is C14H28N2O. The first kappa shape index (κ1) is 14.5. The van der Waals surface area contributed by atoms with E-state index in [1.165, 1.54) is 19.3 Å². The van der Waals surface area contributed by atoms with Gasteiger partial charge in [-0.05, 0) is 31.2 Å². The van der Waals surface area contributed by atoms with Gasteiger partial charge in [-0.2, -0.15) is 0 Å². The zero-order valence-corrected chi connectivity index (χ0v) is 11.8. The Kier molecular flexibility index (Phi) is 5.44. The molecule has 0 spiro atoms. The Bertz CT molecular complexity index is 253. The molecule has 3 atom stereocenters. The SMILES string of the molecule is CC(C)C(C)C(=O)N(C)C1CCCCC1CN. The maximum Gasteiger partial charge on any atom is 0.225 e. The third kappa shape index (κ3) is 3.44. The molecule has 1 fully saturated rings. The summed E-state index contributed by atoms with van der Waals surface area (Å²) in [5.41, 5.74) is 5.83. The minimum absolute atomic E-state index is 0.111. The van der Waals surface area contributed by atoms with Crippen LogP contribution in [0.25, 0.3) is 0 Å². The van der Waals surface area contributed by atoms with Crippen LogP contribution in [0.5, 0.6) is 0 Å². The van der Waals surface area contributed by atoms with E-state index in [9.17, 15) is 4.79 Å². The van der Waals surface area contributed by atoms with Gasteiger partial charge in [-0.15, -0.1) is 0 Å². The molecule has 1 saturated carbocycles. The van der Waals surface area contributed by atoms with Crippen LogP contribution in [0.3, 0.4) is 0 Å². The highest BCUT2D eigenvalue weighted by molar-refractivity contribution is 5.78. The third-order valence-corrected chi connectivity index (χ3v) is 4.41. The van der Waals surface area contributed by atoms with Gasteiger partial charge in [-0.3, -0.25) is 4.79 Å². The monoisotopic (exact) mass is 240 g/mol.